The summed E-state index contributed by atoms with van der Waals surface area (Å²) in [5.74, 6) is 1.40. The molecule has 0 saturated carbocycles. The fourth-order valence-electron chi connectivity index (χ4n) is 2.53. The Bertz CT molecular complexity index is 974. The second-order valence-electron chi connectivity index (χ2n) is 5.07. The molecular weight excluding hydrogens is 340 g/mol. The molecule has 24 heavy (non-hydrogen) atoms. The average molecular weight is 354 g/mol. The highest BCUT2D eigenvalue weighted by Crippen LogP contribution is 2.40. The summed E-state index contributed by atoms with van der Waals surface area (Å²) in [5.41, 5.74) is 2.82. The molecule has 120 valence electrons. The highest BCUT2D eigenvalue weighted by atomic mass is 32.1. The highest BCUT2D eigenvalue weighted by molar-refractivity contribution is 7.22. The Balaban J connectivity index is 1.78. The van der Waals surface area contributed by atoms with E-state index < -0.39 is 0 Å². The van der Waals surface area contributed by atoms with Crippen molar-refractivity contribution >= 4 is 32.9 Å². The van der Waals surface area contributed by atoms with Crippen molar-refractivity contribution in [2.75, 3.05) is 14.2 Å². The summed E-state index contributed by atoms with van der Waals surface area (Å²) in [6.07, 6.45) is 0. The topological polar surface area (TPSA) is 44.2 Å². The number of fused-ring (bicyclic) bond motifs is 1. The Labute approximate surface area is 147 Å². The SMILES string of the molecule is COc1cccc(-c2nc(-c3nc4ccccc4s3)cs2)c1OC. The van der Waals surface area contributed by atoms with Crippen LogP contribution in [0.1, 0.15) is 0 Å². The lowest BCUT2D eigenvalue weighted by Gasteiger charge is -2.10. The number of hydrogen-bond donors (Lipinski definition) is 0. The van der Waals surface area contributed by atoms with Crippen LogP contribution in [-0.4, -0.2) is 24.2 Å². The van der Waals surface area contributed by atoms with Gasteiger partial charge in [-0.1, -0.05) is 18.2 Å². The Morgan fingerprint density at radius 3 is 2.54 bits per heavy atom. The number of aromatic nitrogens is 2. The molecule has 0 aliphatic carbocycles. The number of ether oxygens (including phenoxy) is 2. The lowest BCUT2D eigenvalue weighted by Crippen LogP contribution is -1.92. The second kappa shape index (κ2) is 6.22. The highest BCUT2D eigenvalue weighted by Gasteiger charge is 2.16. The zero-order chi connectivity index (χ0) is 16.5. The zero-order valence-corrected chi connectivity index (χ0v) is 14.8. The first-order valence-electron chi connectivity index (χ1n) is 7.33. The number of benzene rings is 2. The van der Waals surface area contributed by atoms with Crippen molar-refractivity contribution < 1.29 is 9.47 Å². The van der Waals surface area contributed by atoms with Gasteiger partial charge in [0, 0.05) is 5.38 Å². The third-order valence-corrected chi connectivity index (χ3v) is 5.59. The summed E-state index contributed by atoms with van der Waals surface area (Å²) < 4.78 is 12.1. The maximum absolute atomic E-state index is 5.51. The molecule has 0 saturated heterocycles. The van der Waals surface area contributed by atoms with Crippen LogP contribution in [0, 0.1) is 0 Å². The first kappa shape index (κ1) is 15.1. The summed E-state index contributed by atoms with van der Waals surface area (Å²) in [4.78, 5) is 9.43. The van der Waals surface area contributed by atoms with Crippen molar-refractivity contribution in [1.29, 1.82) is 0 Å². The third kappa shape index (κ3) is 2.53. The van der Waals surface area contributed by atoms with Gasteiger partial charge in [0.15, 0.2) is 11.5 Å². The van der Waals surface area contributed by atoms with Crippen LogP contribution in [0.5, 0.6) is 11.5 Å². The van der Waals surface area contributed by atoms with Crippen molar-refractivity contribution in [3.8, 4) is 32.8 Å². The molecule has 6 heteroatoms. The van der Waals surface area contributed by atoms with Gasteiger partial charge in [0.05, 0.1) is 30.0 Å². The fourth-order valence-corrected chi connectivity index (χ4v) is 4.36. The summed E-state index contributed by atoms with van der Waals surface area (Å²) in [6.45, 7) is 0. The average Bonchev–Trinajstić information content (AvgIpc) is 3.27. The van der Waals surface area contributed by atoms with Gasteiger partial charge in [-0.3, -0.25) is 0 Å². The van der Waals surface area contributed by atoms with E-state index in [1.54, 1.807) is 36.9 Å². The minimum absolute atomic E-state index is 0.699. The van der Waals surface area contributed by atoms with Crippen LogP contribution in [-0.2, 0) is 0 Å². The van der Waals surface area contributed by atoms with E-state index in [2.05, 4.69) is 11.1 Å². The van der Waals surface area contributed by atoms with Crippen LogP contribution in [0.15, 0.2) is 47.8 Å². The Morgan fingerprint density at radius 2 is 1.75 bits per heavy atom. The molecule has 2 aromatic carbocycles. The van der Waals surface area contributed by atoms with E-state index in [0.717, 1.165) is 26.8 Å². The monoisotopic (exact) mass is 354 g/mol. The molecule has 0 spiro atoms. The molecule has 0 aliphatic rings. The van der Waals surface area contributed by atoms with Gasteiger partial charge >= 0.3 is 0 Å². The molecule has 0 fully saturated rings. The van der Waals surface area contributed by atoms with Crippen molar-refractivity contribution in [3.05, 3.63) is 47.8 Å². The smallest absolute Gasteiger partial charge is 0.170 e. The van der Waals surface area contributed by atoms with E-state index in [-0.39, 0.29) is 0 Å². The number of methoxy groups -OCH3 is 2. The number of hydrogen-bond acceptors (Lipinski definition) is 6. The normalized spacial score (nSPS) is 10.9. The Hall–Kier alpha value is -2.44. The maximum Gasteiger partial charge on any atom is 0.170 e. The van der Waals surface area contributed by atoms with Crippen LogP contribution >= 0.6 is 22.7 Å². The predicted octanol–water partition coefficient (Wildman–Crippen LogP) is 5.10. The van der Waals surface area contributed by atoms with Gasteiger partial charge < -0.3 is 9.47 Å². The third-order valence-electron chi connectivity index (χ3n) is 3.65. The van der Waals surface area contributed by atoms with E-state index in [1.165, 1.54) is 4.70 Å². The van der Waals surface area contributed by atoms with E-state index >= 15 is 0 Å². The molecule has 0 aliphatic heterocycles. The molecule has 0 unspecified atom stereocenters. The van der Waals surface area contributed by atoms with Crippen LogP contribution in [0.2, 0.25) is 0 Å². The quantitative estimate of drug-likeness (QED) is 0.511. The molecule has 4 aromatic rings. The molecule has 4 rings (SSSR count). The van der Waals surface area contributed by atoms with Crippen LogP contribution in [0.4, 0.5) is 0 Å². The van der Waals surface area contributed by atoms with Crippen molar-refractivity contribution in [2.24, 2.45) is 0 Å². The number of rotatable bonds is 4. The minimum Gasteiger partial charge on any atom is -0.493 e. The summed E-state index contributed by atoms with van der Waals surface area (Å²) in [5, 5.41) is 3.85. The number of thiazole rings is 2. The maximum atomic E-state index is 5.51. The molecular formula is C18H14N2O2S2. The molecule has 0 amide bonds. The lowest BCUT2D eigenvalue weighted by atomic mass is 10.2. The standard InChI is InChI=1S/C18H14N2O2S2/c1-21-14-8-5-6-11(16(14)22-2)17-20-13(10-23-17)18-19-12-7-3-4-9-15(12)24-18/h3-10H,1-2H3. The minimum atomic E-state index is 0.699. The molecule has 0 bridgehead atoms. The second-order valence-corrected chi connectivity index (χ2v) is 6.95. The van der Waals surface area contributed by atoms with Crippen molar-refractivity contribution in [2.45, 2.75) is 0 Å². The van der Waals surface area contributed by atoms with Crippen LogP contribution < -0.4 is 9.47 Å². The van der Waals surface area contributed by atoms with Crippen molar-refractivity contribution in [3.63, 3.8) is 0 Å². The summed E-state index contributed by atoms with van der Waals surface area (Å²) >= 11 is 3.23. The van der Waals surface area contributed by atoms with Gasteiger partial charge in [-0.2, -0.15) is 0 Å². The van der Waals surface area contributed by atoms with Gasteiger partial charge in [0.25, 0.3) is 0 Å². The number of nitrogens with zero attached hydrogens (tertiary/aromatic N) is 2. The van der Waals surface area contributed by atoms with Gasteiger partial charge in [0.2, 0.25) is 0 Å². The van der Waals surface area contributed by atoms with Crippen molar-refractivity contribution in [1.82, 2.24) is 9.97 Å². The predicted molar refractivity (Wildman–Crippen MR) is 99.3 cm³/mol. The van der Waals surface area contributed by atoms with Crippen LogP contribution in [0.3, 0.4) is 0 Å². The van der Waals surface area contributed by atoms with Gasteiger partial charge in [-0.05, 0) is 24.3 Å². The lowest BCUT2D eigenvalue weighted by molar-refractivity contribution is 0.356. The first-order valence-corrected chi connectivity index (χ1v) is 9.02. The molecule has 0 N–H and O–H groups in total. The van der Waals surface area contributed by atoms with Gasteiger partial charge in [-0.25, -0.2) is 9.97 Å². The first-order chi connectivity index (χ1) is 11.8. The van der Waals surface area contributed by atoms with E-state index in [4.69, 9.17) is 14.5 Å². The van der Waals surface area contributed by atoms with E-state index in [1.807, 2.05) is 41.8 Å². The summed E-state index contributed by atoms with van der Waals surface area (Å²) in [7, 11) is 3.28. The number of para-hydroxylation sites is 2. The zero-order valence-electron chi connectivity index (χ0n) is 13.1. The Kier molecular flexibility index (Phi) is 3.92. The van der Waals surface area contributed by atoms with Gasteiger partial charge in [0.1, 0.15) is 15.7 Å². The molecule has 2 heterocycles. The largest absolute Gasteiger partial charge is 0.493 e. The van der Waals surface area contributed by atoms with Crippen LogP contribution in [0.25, 0.3) is 31.5 Å². The molecule has 0 radical (unpaired) electrons. The van der Waals surface area contributed by atoms with E-state index in [0.29, 0.717) is 11.5 Å². The molecule has 2 aromatic heterocycles. The van der Waals surface area contributed by atoms with E-state index in [9.17, 15) is 0 Å². The summed E-state index contributed by atoms with van der Waals surface area (Å²) in [6, 6.07) is 13.9. The van der Waals surface area contributed by atoms with Gasteiger partial charge in [-0.15, -0.1) is 22.7 Å². The molecule has 4 nitrogen and oxygen atoms in total. The molecule has 0 atom stereocenters. The fraction of sp³-hybridized carbons (Fsp3) is 0.111. The Morgan fingerprint density at radius 1 is 0.875 bits per heavy atom.